The largest absolute Gasteiger partial charge is 0.401 e. The van der Waals surface area contributed by atoms with Crippen LogP contribution in [0.1, 0.15) is 26.7 Å². The Hall–Kier alpha value is -0.250. The third-order valence-corrected chi connectivity index (χ3v) is 3.83. The first-order valence-electron chi connectivity index (χ1n) is 7.92. The predicted octanol–water partition coefficient (Wildman–Crippen LogP) is 3.04. The molecule has 1 aliphatic rings. The normalized spacial score (nSPS) is 23.0. The first-order valence-corrected chi connectivity index (χ1v) is 7.92. The number of alkyl halides is 3. The number of aliphatic imine (C=N–C) groups is 1. The summed E-state index contributed by atoms with van der Waals surface area (Å²) in [6.07, 6.45) is -2.24. The maximum absolute atomic E-state index is 12.2. The number of halogens is 4. The molecule has 4 nitrogen and oxygen atoms in total. The molecule has 23 heavy (non-hydrogen) atoms. The number of likely N-dealkylation sites (tertiary alicyclic amines) is 1. The molecule has 0 aliphatic carbocycles. The lowest BCUT2D eigenvalue weighted by atomic mass is 9.92. The van der Waals surface area contributed by atoms with Crippen LogP contribution in [0.25, 0.3) is 0 Å². The van der Waals surface area contributed by atoms with Crippen molar-refractivity contribution in [2.45, 2.75) is 32.9 Å². The molecule has 2 unspecified atom stereocenters. The monoisotopic (exact) mass is 450 g/mol. The number of nitrogens with one attached hydrogen (secondary N) is 1. The van der Waals surface area contributed by atoms with E-state index in [9.17, 15) is 13.2 Å². The van der Waals surface area contributed by atoms with Crippen molar-refractivity contribution in [3.8, 4) is 0 Å². The highest BCUT2D eigenvalue weighted by Crippen LogP contribution is 2.20. The van der Waals surface area contributed by atoms with Crippen molar-refractivity contribution in [3.63, 3.8) is 0 Å². The van der Waals surface area contributed by atoms with Gasteiger partial charge in [-0.05, 0) is 38.3 Å². The van der Waals surface area contributed by atoms with Crippen LogP contribution < -0.4 is 5.32 Å². The number of hydrogen-bond acceptors (Lipinski definition) is 2. The topological polar surface area (TPSA) is 30.9 Å². The minimum Gasteiger partial charge on any atom is -0.356 e. The molecule has 1 heterocycles. The molecule has 1 N–H and O–H groups in total. The number of nitrogens with zero attached hydrogens (tertiary/aromatic N) is 3. The van der Waals surface area contributed by atoms with E-state index in [1.807, 2.05) is 0 Å². The fourth-order valence-electron chi connectivity index (χ4n) is 3.10. The van der Waals surface area contributed by atoms with Crippen LogP contribution in [0, 0.1) is 11.8 Å². The molecule has 0 radical (unpaired) electrons. The van der Waals surface area contributed by atoms with Crippen molar-refractivity contribution >= 4 is 29.9 Å². The van der Waals surface area contributed by atoms with Gasteiger partial charge in [0.1, 0.15) is 0 Å². The molecular formula is C15H30F3IN4. The molecule has 0 saturated carbocycles. The van der Waals surface area contributed by atoms with Crippen LogP contribution in [0.4, 0.5) is 13.2 Å². The first-order chi connectivity index (χ1) is 10.2. The molecule has 2 atom stereocenters. The minimum absolute atomic E-state index is 0. The van der Waals surface area contributed by atoms with Gasteiger partial charge in [-0.3, -0.25) is 9.89 Å². The predicted molar refractivity (Wildman–Crippen MR) is 99.5 cm³/mol. The molecule has 1 aliphatic heterocycles. The fourth-order valence-corrected chi connectivity index (χ4v) is 3.10. The van der Waals surface area contributed by atoms with Crippen molar-refractivity contribution in [1.29, 1.82) is 0 Å². The summed E-state index contributed by atoms with van der Waals surface area (Å²) in [5, 5.41) is 3.27. The Morgan fingerprint density at radius 1 is 1.26 bits per heavy atom. The summed E-state index contributed by atoms with van der Waals surface area (Å²) in [5.74, 6) is 2.14. The van der Waals surface area contributed by atoms with Gasteiger partial charge in [0, 0.05) is 26.7 Å². The zero-order chi connectivity index (χ0) is 16.8. The maximum atomic E-state index is 12.2. The summed E-state index contributed by atoms with van der Waals surface area (Å²) in [7, 11) is 3.25. The highest BCUT2D eigenvalue weighted by molar-refractivity contribution is 14.0. The van der Waals surface area contributed by atoms with E-state index in [2.05, 4.69) is 29.1 Å². The molecule has 0 aromatic heterocycles. The minimum atomic E-state index is -4.13. The molecule has 1 fully saturated rings. The number of guanidine groups is 1. The summed E-state index contributed by atoms with van der Waals surface area (Å²) >= 11 is 0. The van der Waals surface area contributed by atoms with Crippen molar-refractivity contribution in [3.05, 3.63) is 0 Å². The number of hydrogen-bond donors (Lipinski definition) is 1. The number of piperidine rings is 1. The summed E-state index contributed by atoms with van der Waals surface area (Å²) in [4.78, 5) is 7.84. The second-order valence-electron chi connectivity index (χ2n) is 6.53. The van der Waals surface area contributed by atoms with Crippen LogP contribution in [0.15, 0.2) is 4.99 Å². The van der Waals surface area contributed by atoms with Crippen LogP contribution in [0.5, 0.6) is 0 Å². The van der Waals surface area contributed by atoms with Gasteiger partial charge in [0.05, 0.1) is 6.54 Å². The molecule has 0 aromatic carbocycles. The summed E-state index contributed by atoms with van der Waals surface area (Å²) < 4.78 is 36.7. The lowest BCUT2D eigenvalue weighted by molar-refractivity contribution is -0.143. The van der Waals surface area contributed by atoms with Crippen LogP contribution in [0.3, 0.4) is 0 Å². The Morgan fingerprint density at radius 3 is 2.30 bits per heavy atom. The van der Waals surface area contributed by atoms with E-state index in [1.165, 1.54) is 18.4 Å². The SMILES string of the molecule is CN=C(NCCCN(C)CC(F)(F)F)N1CC(C)CC(C)C1.I. The van der Waals surface area contributed by atoms with Crippen LogP contribution in [0.2, 0.25) is 0 Å². The Kier molecular flexibility index (Phi) is 10.5. The van der Waals surface area contributed by atoms with E-state index < -0.39 is 12.7 Å². The highest BCUT2D eigenvalue weighted by Gasteiger charge is 2.29. The Bertz CT molecular complexity index is 353. The van der Waals surface area contributed by atoms with Gasteiger partial charge in [-0.2, -0.15) is 13.2 Å². The molecule has 1 saturated heterocycles. The standard InChI is InChI=1S/C15H29F3N4.HI/c1-12-8-13(2)10-22(9-12)14(19-3)20-6-5-7-21(4)11-15(16,17)18;/h12-13H,5-11H2,1-4H3,(H,19,20);1H. The van der Waals surface area contributed by atoms with Crippen molar-refractivity contribution in [2.75, 3.05) is 46.8 Å². The second-order valence-corrected chi connectivity index (χ2v) is 6.53. The molecule has 138 valence electrons. The second kappa shape index (κ2) is 10.6. The van der Waals surface area contributed by atoms with E-state index in [1.54, 1.807) is 7.05 Å². The van der Waals surface area contributed by atoms with Crippen molar-refractivity contribution in [1.82, 2.24) is 15.1 Å². The number of rotatable bonds is 5. The Labute approximate surface area is 154 Å². The van der Waals surface area contributed by atoms with Crippen LogP contribution >= 0.6 is 24.0 Å². The lowest BCUT2D eigenvalue weighted by Gasteiger charge is -2.37. The van der Waals surface area contributed by atoms with Crippen LogP contribution in [-0.2, 0) is 0 Å². The van der Waals surface area contributed by atoms with Gasteiger partial charge >= 0.3 is 6.18 Å². The van der Waals surface area contributed by atoms with Gasteiger partial charge < -0.3 is 10.2 Å². The first kappa shape index (κ1) is 22.8. The molecule has 1 rings (SSSR count). The Morgan fingerprint density at radius 2 is 1.83 bits per heavy atom. The van der Waals surface area contributed by atoms with Gasteiger partial charge in [-0.1, -0.05) is 13.8 Å². The van der Waals surface area contributed by atoms with E-state index in [0.29, 0.717) is 31.3 Å². The maximum Gasteiger partial charge on any atom is 0.401 e. The van der Waals surface area contributed by atoms with Gasteiger partial charge in [-0.25, -0.2) is 0 Å². The summed E-state index contributed by atoms with van der Waals surface area (Å²) in [5.41, 5.74) is 0. The van der Waals surface area contributed by atoms with Gasteiger partial charge in [0.25, 0.3) is 0 Å². The van der Waals surface area contributed by atoms with E-state index in [4.69, 9.17) is 0 Å². The van der Waals surface area contributed by atoms with E-state index in [-0.39, 0.29) is 24.0 Å². The quantitative estimate of drug-likeness (QED) is 0.303. The van der Waals surface area contributed by atoms with E-state index in [0.717, 1.165) is 19.0 Å². The third-order valence-electron chi connectivity index (χ3n) is 3.83. The lowest BCUT2D eigenvalue weighted by Crippen LogP contribution is -2.48. The molecule has 0 amide bonds. The highest BCUT2D eigenvalue weighted by atomic mass is 127. The average Bonchev–Trinajstić information content (AvgIpc) is 2.35. The zero-order valence-corrected chi connectivity index (χ0v) is 16.8. The average molecular weight is 450 g/mol. The fraction of sp³-hybridized carbons (Fsp3) is 0.933. The van der Waals surface area contributed by atoms with Crippen LogP contribution in [-0.4, -0.2) is 68.8 Å². The smallest absolute Gasteiger partial charge is 0.356 e. The van der Waals surface area contributed by atoms with Crippen molar-refractivity contribution < 1.29 is 13.2 Å². The zero-order valence-electron chi connectivity index (χ0n) is 14.5. The van der Waals surface area contributed by atoms with Gasteiger partial charge in [0.2, 0.25) is 0 Å². The van der Waals surface area contributed by atoms with Crippen molar-refractivity contribution in [2.24, 2.45) is 16.8 Å². The summed E-state index contributed by atoms with van der Waals surface area (Å²) in [6.45, 7) is 6.63. The van der Waals surface area contributed by atoms with Gasteiger partial charge in [-0.15, -0.1) is 24.0 Å². The van der Waals surface area contributed by atoms with E-state index >= 15 is 0 Å². The van der Waals surface area contributed by atoms with Gasteiger partial charge in [0.15, 0.2) is 5.96 Å². The Balaban J connectivity index is 0.00000484. The molecule has 0 aromatic rings. The molecule has 0 spiro atoms. The summed E-state index contributed by atoms with van der Waals surface area (Å²) in [6, 6.07) is 0. The third kappa shape index (κ3) is 9.59. The molecular weight excluding hydrogens is 420 g/mol. The molecule has 0 bridgehead atoms. The molecule has 8 heteroatoms.